The number of ether oxygens (including phenoxy) is 1. The molecule has 1 fully saturated rings. The van der Waals surface area contributed by atoms with Crippen LogP contribution in [0, 0.1) is 5.82 Å². The topological polar surface area (TPSA) is 61.5 Å². The van der Waals surface area contributed by atoms with Gasteiger partial charge in [0.15, 0.2) is 0 Å². The summed E-state index contributed by atoms with van der Waals surface area (Å²) in [4.78, 5) is 23.7. The Morgan fingerprint density at radius 3 is 2.50 bits per heavy atom. The molecule has 144 valence electrons. The van der Waals surface area contributed by atoms with E-state index in [0.29, 0.717) is 49.3 Å². The molecule has 0 amide bonds. The predicted octanol–water partition coefficient (Wildman–Crippen LogP) is 2.91. The maximum absolute atomic E-state index is 14.0. The summed E-state index contributed by atoms with van der Waals surface area (Å²) in [6.45, 7) is 2.57. The third-order valence-electron chi connectivity index (χ3n) is 4.87. The van der Waals surface area contributed by atoms with Crippen molar-refractivity contribution in [3.63, 3.8) is 0 Å². The van der Waals surface area contributed by atoms with E-state index in [2.05, 4.69) is 9.97 Å². The van der Waals surface area contributed by atoms with Gasteiger partial charge in [-0.25, -0.2) is 9.37 Å². The molecule has 2 aromatic carbocycles. The number of aromatic amines is 1. The Hall–Kier alpha value is -3.35. The molecular weight excluding hydrogens is 359 g/mol. The summed E-state index contributed by atoms with van der Waals surface area (Å²) in [5.41, 5.74) is 1.80. The van der Waals surface area contributed by atoms with Crippen LogP contribution < -0.4 is 20.1 Å². The van der Waals surface area contributed by atoms with Crippen LogP contribution in [0.5, 0.6) is 5.75 Å². The Morgan fingerprint density at radius 1 is 1.00 bits per heavy atom. The molecule has 3 aromatic rings. The largest absolute Gasteiger partial charge is 0.497 e. The molecule has 1 aliphatic rings. The second-order valence-corrected chi connectivity index (χ2v) is 6.61. The lowest BCUT2D eigenvalue weighted by Gasteiger charge is -2.36. The van der Waals surface area contributed by atoms with Crippen molar-refractivity contribution in [1.29, 1.82) is 0 Å². The zero-order valence-corrected chi connectivity index (χ0v) is 15.6. The lowest BCUT2D eigenvalue weighted by Crippen LogP contribution is -2.47. The van der Waals surface area contributed by atoms with Crippen LogP contribution in [0.15, 0.2) is 59.4 Å². The lowest BCUT2D eigenvalue weighted by molar-refractivity contribution is 0.415. The highest BCUT2D eigenvalue weighted by molar-refractivity contribution is 5.62. The number of para-hydroxylation sites is 1. The first kappa shape index (κ1) is 18.0. The van der Waals surface area contributed by atoms with E-state index in [1.165, 1.54) is 12.1 Å². The molecule has 0 spiro atoms. The summed E-state index contributed by atoms with van der Waals surface area (Å²) in [5, 5.41) is 0. The van der Waals surface area contributed by atoms with Crippen LogP contribution in [-0.2, 0) is 0 Å². The van der Waals surface area contributed by atoms with Gasteiger partial charge in [-0.1, -0.05) is 24.3 Å². The van der Waals surface area contributed by atoms with Crippen molar-refractivity contribution in [2.24, 2.45) is 0 Å². The average molecular weight is 380 g/mol. The molecule has 1 saturated heterocycles. The van der Waals surface area contributed by atoms with Crippen molar-refractivity contribution in [2.75, 3.05) is 43.1 Å². The van der Waals surface area contributed by atoms with Crippen molar-refractivity contribution in [2.45, 2.75) is 0 Å². The van der Waals surface area contributed by atoms with E-state index in [1.54, 1.807) is 19.2 Å². The molecule has 1 aliphatic heterocycles. The van der Waals surface area contributed by atoms with Gasteiger partial charge in [-0.05, 0) is 24.3 Å². The number of rotatable bonds is 4. The Labute approximate surface area is 162 Å². The fraction of sp³-hybridized carbons (Fsp3) is 0.238. The minimum absolute atomic E-state index is 0.209. The Bertz CT molecular complexity index is 1030. The van der Waals surface area contributed by atoms with Crippen molar-refractivity contribution < 1.29 is 9.13 Å². The number of anilines is 2. The number of hydrogen-bond donors (Lipinski definition) is 1. The third-order valence-corrected chi connectivity index (χ3v) is 4.87. The minimum atomic E-state index is -0.220. The van der Waals surface area contributed by atoms with Crippen LogP contribution in [0.3, 0.4) is 0 Å². The zero-order valence-electron chi connectivity index (χ0n) is 15.6. The molecular formula is C21H21FN4O2. The highest BCUT2D eigenvalue weighted by Gasteiger charge is 2.21. The highest BCUT2D eigenvalue weighted by Crippen LogP contribution is 2.24. The van der Waals surface area contributed by atoms with E-state index in [9.17, 15) is 9.18 Å². The lowest BCUT2D eigenvalue weighted by atomic mass is 10.1. The molecule has 1 aromatic heterocycles. The van der Waals surface area contributed by atoms with Crippen molar-refractivity contribution >= 4 is 11.6 Å². The number of halogens is 1. The Kier molecular flexibility index (Phi) is 4.97. The van der Waals surface area contributed by atoms with Crippen molar-refractivity contribution in [3.05, 3.63) is 70.8 Å². The molecule has 2 heterocycles. The molecule has 6 nitrogen and oxygen atoms in total. The van der Waals surface area contributed by atoms with Gasteiger partial charge in [0.2, 0.25) is 5.95 Å². The number of hydrogen-bond acceptors (Lipinski definition) is 5. The van der Waals surface area contributed by atoms with Gasteiger partial charge in [-0.3, -0.25) is 9.78 Å². The quantitative estimate of drug-likeness (QED) is 0.754. The van der Waals surface area contributed by atoms with Crippen LogP contribution >= 0.6 is 0 Å². The molecule has 4 rings (SSSR count). The molecule has 0 aliphatic carbocycles. The van der Waals surface area contributed by atoms with Crippen LogP contribution in [0.4, 0.5) is 16.0 Å². The summed E-state index contributed by atoms with van der Waals surface area (Å²) < 4.78 is 19.3. The summed E-state index contributed by atoms with van der Waals surface area (Å²) in [6.07, 6.45) is 0. The summed E-state index contributed by atoms with van der Waals surface area (Å²) in [5.74, 6) is 1.01. The van der Waals surface area contributed by atoms with Gasteiger partial charge in [-0.15, -0.1) is 0 Å². The molecule has 1 N–H and O–H groups in total. The Balaban J connectivity index is 1.55. The molecule has 0 atom stereocenters. The third kappa shape index (κ3) is 3.69. The SMILES string of the molecule is COc1cccc(-c2cc(=O)[nH]c(N3CCN(c4ccccc4F)CC3)n2)c1. The fourth-order valence-corrected chi connectivity index (χ4v) is 3.39. The van der Waals surface area contributed by atoms with Gasteiger partial charge < -0.3 is 14.5 Å². The first-order valence-electron chi connectivity index (χ1n) is 9.14. The fourth-order valence-electron chi connectivity index (χ4n) is 3.39. The van der Waals surface area contributed by atoms with Gasteiger partial charge >= 0.3 is 0 Å². The van der Waals surface area contributed by atoms with Gasteiger partial charge in [0.1, 0.15) is 11.6 Å². The number of nitrogens with one attached hydrogen (secondary N) is 1. The standard InChI is InChI=1S/C21H21FN4O2/c1-28-16-6-4-5-15(13-16)18-14-20(27)24-21(23-18)26-11-9-25(10-12-26)19-8-3-2-7-17(19)22/h2-8,13-14H,9-12H2,1H3,(H,23,24,27). The van der Waals surface area contributed by atoms with Crippen molar-refractivity contribution in [3.8, 4) is 17.0 Å². The van der Waals surface area contributed by atoms with E-state index >= 15 is 0 Å². The number of H-pyrrole nitrogens is 1. The number of aromatic nitrogens is 2. The molecule has 0 saturated carbocycles. The number of nitrogens with zero attached hydrogens (tertiary/aromatic N) is 3. The van der Waals surface area contributed by atoms with Gasteiger partial charge in [-0.2, -0.15) is 0 Å². The first-order chi connectivity index (χ1) is 13.6. The monoisotopic (exact) mass is 380 g/mol. The molecule has 0 radical (unpaired) electrons. The molecule has 7 heteroatoms. The Morgan fingerprint density at radius 2 is 1.75 bits per heavy atom. The van der Waals surface area contributed by atoms with Crippen LogP contribution in [0.1, 0.15) is 0 Å². The van der Waals surface area contributed by atoms with E-state index in [0.717, 1.165) is 5.56 Å². The highest BCUT2D eigenvalue weighted by atomic mass is 19.1. The van der Waals surface area contributed by atoms with Crippen LogP contribution in [0.2, 0.25) is 0 Å². The maximum Gasteiger partial charge on any atom is 0.252 e. The maximum atomic E-state index is 14.0. The van der Waals surface area contributed by atoms with E-state index < -0.39 is 0 Å². The van der Waals surface area contributed by atoms with Gasteiger partial charge in [0, 0.05) is 37.8 Å². The van der Waals surface area contributed by atoms with Gasteiger partial charge in [0.25, 0.3) is 5.56 Å². The van der Waals surface area contributed by atoms with Crippen molar-refractivity contribution in [1.82, 2.24) is 9.97 Å². The molecule has 0 bridgehead atoms. The molecule has 0 unspecified atom stereocenters. The minimum Gasteiger partial charge on any atom is -0.497 e. The predicted molar refractivity (Wildman–Crippen MR) is 108 cm³/mol. The smallest absolute Gasteiger partial charge is 0.252 e. The number of benzene rings is 2. The second kappa shape index (κ2) is 7.72. The number of methoxy groups -OCH3 is 1. The summed E-state index contributed by atoms with van der Waals surface area (Å²) in [7, 11) is 1.60. The normalized spacial score (nSPS) is 14.2. The van der Waals surface area contributed by atoms with Gasteiger partial charge in [0.05, 0.1) is 18.5 Å². The van der Waals surface area contributed by atoms with E-state index in [-0.39, 0.29) is 11.4 Å². The van der Waals surface area contributed by atoms with E-state index in [1.807, 2.05) is 40.1 Å². The summed E-state index contributed by atoms with van der Waals surface area (Å²) >= 11 is 0. The second-order valence-electron chi connectivity index (χ2n) is 6.61. The van der Waals surface area contributed by atoms with Crippen LogP contribution in [-0.4, -0.2) is 43.3 Å². The zero-order chi connectivity index (χ0) is 19.5. The average Bonchev–Trinajstić information content (AvgIpc) is 2.74. The van der Waals surface area contributed by atoms with Crippen LogP contribution in [0.25, 0.3) is 11.3 Å². The number of piperazine rings is 1. The summed E-state index contributed by atoms with van der Waals surface area (Å²) in [6, 6.07) is 15.7. The molecule has 28 heavy (non-hydrogen) atoms. The first-order valence-corrected chi connectivity index (χ1v) is 9.14. The van der Waals surface area contributed by atoms with E-state index in [4.69, 9.17) is 4.74 Å².